The predicted octanol–water partition coefficient (Wildman–Crippen LogP) is 7.94. The van der Waals surface area contributed by atoms with Crippen molar-refractivity contribution in [2.45, 2.75) is 18.3 Å². The average Bonchev–Trinajstić information content (AvgIpc) is 3.32. The molecule has 0 radical (unpaired) electrons. The topological polar surface area (TPSA) is 61.2 Å². The van der Waals surface area contributed by atoms with Gasteiger partial charge in [-0.3, -0.25) is 4.57 Å². The van der Waals surface area contributed by atoms with Crippen molar-refractivity contribution in [3.63, 3.8) is 0 Å². The third-order valence-electron chi connectivity index (χ3n) is 6.57. The van der Waals surface area contributed by atoms with Gasteiger partial charge in [-0.05, 0) is 71.1 Å². The van der Waals surface area contributed by atoms with Crippen molar-refractivity contribution in [1.82, 2.24) is 9.55 Å². The van der Waals surface area contributed by atoms with Gasteiger partial charge in [-0.2, -0.15) is 21.6 Å². The Morgan fingerprint density at radius 3 is 2.23 bits per heavy atom. The van der Waals surface area contributed by atoms with E-state index in [2.05, 4.69) is 33.0 Å². The molecule has 0 N–H and O–H groups in total. The summed E-state index contributed by atoms with van der Waals surface area (Å²) in [6.45, 7) is 0. The molecule has 1 aliphatic rings. The molecule has 0 amide bonds. The lowest BCUT2D eigenvalue weighted by Gasteiger charge is -2.13. The van der Waals surface area contributed by atoms with E-state index in [1.807, 2.05) is 54.6 Å². The molecule has 0 aliphatic heterocycles. The Morgan fingerprint density at radius 2 is 1.49 bits per heavy atom. The molecule has 5 aromatic rings. The van der Waals surface area contributed by atoms with Crippen LogP contribution in [0.15, 0.2) is 103 Å². The van der Waals surface area contributed by atoms with Gasteiger partial charge in [0.1, 0.15) is 11.6 Å². The van der Waals surface area contributed by atoms with Gasteiger partial charge in [0, 0.05) is 11.3 Å². The van der Waals surface area contributed by atoms with Crippen molar-refractivity contribution in [1.29, 1.82) is 0 Å². The van der Waals surface area contributed by atoms with Gasteiger partial charge < -0.3 is 4.18 Å². The lowest BCUT2D eigenvalue weighted by atomic mass is 10.00. The summed E-state index contributed by atoms with van der Waals surface area (Å²) in [4.78, 5) is 4.91. The first-order chi connectivity index (χ1) is 18.7. The number of hydrogen-bond acceptors (Lipinski definition) is 4. The highest BCUT2D eigenvalue weighted by Crippen LogP contribution is 2.33. The molecule has 0 fully saturated rings. The molecular weight excluding hydrogens is 525 g/mol. The Morgan fingerprint density at radius 1 is 0.795 bits per heavy atom. The zero-order valence-electron chi connectivity index (χ0n) is 20.4. The average molecular weight is 547 g/mol. The van der Waals surface area contributed by atoms with Crippen LogP contribution in [-0.2, 0) is 10.1 Å². The molecule has 0 unspecified atom stereocenters. The number of halogens is 3. The highest BCUT2D eigenvalue weighted by molar-refractivity contribution is 7.88. The van der Waals surface area contributed by atoms with Crippen LogP contribution in [0.1, 0.15) is 12.8 Å². The number of nitrogens with zero attached hydrogens (tertiary/aromatic N) is 2. The smallest absolute Gasteiger partial charge is 0.376 e. The predicted molar refractivity (Wildman–Crippen MR) is 146 cm³/mol. The van der Waals surface area contributed by atoms with Crippen LogP contribution in [0.25, 0.3) is 50.0 Å². The number of fused-ring (bicyclic) bond motifs is 2. The van der Waals surface area contributed by atoms with Crippen molar-refractivity contribution in [2.24, 2.45) is 0 Å². The van der Waals surface area contributed by atoms with Crippen molar-refractivity contribution in [2.75, 3.05) is 0 Å². The molecule has 39 heavy (non-hydrogen) atoms. The first-order valence-corrected chi connectivity index (χ1v) is 13.6. The fourth-order valence-electron chi connectivity index (χ4n) is 4.69. The van der Waals surface area contributed by atoms with Gasteiger partial charge >= 0.3 is 15.6 Å². The molecule has 4 aromatic carbocycles. The molecule has 0 saturated heterocycles. The van der Waals surface area contributed by atoms with Crippen molar-refractivity contribution in [3.8, 4) is 28.3 Å². The lowest BCUT2D eigenvalue weighted by Crippen LogP contribution is -2.28. The largest absolute Gasteiger partial charge is 0.534 e. The van der Waals surface area contributed by atoms with E-state index in [0.29, 0.717) is 5.39 Å². The minimum absolute atomic E-state index is 0.400. The minimum atomic E-state index is -5.73. The third-order valence-corrected chi connectivity index (χ3v) is 7.55. The van der Waals surface area contributed by atoms with E-state index in [0.717, 1.165) is 57.5 Å². The summed E-state index contributed by atoms with van der Waals surface area (Å²) >= 11 is 0. The Labute approximate surface area is 222 Å². The minimum Gasteiger partial charge on any atom is -0.376 e. The summed E-state index contributed by atoms with van der Waals surface area (Å²) in [6, 6.07) is 25.5. The fourth-order valence-corrected chi connectivity index (χ4v) is 5.14. The molecule has 0 saturated carbocycles. The van der Waals surface area contributed by atoms with Gasteiger partial charge in [-0.25, -0.2) is 4.98 Å². The van der Waals surface area contributed by atoms with Crippen LogP contribution in [0.3, 0.4) is 0 Å². The number of imidazole rings is 1. The number of alkyl halides is 3. The first-order valence-electron chi connectivity index (χ1n) is 12.2. The van der Waals surface area contributed by atoms with Gasteiger partial charge in [0.25, 0.3) is 0 Å². The summed E-state index contributed by atoms with van der Waals surface area (Å²) < 4.78 is 67.1. The number of allylic oxidation sites excluding steroid dienone is 4. The van der Waals surface area contributed by atoms with E-state index < -0.39 is 21.4 Å². The Balaban J connectivity index is 1.32. The van der Waals surface area contributed by atoms with Crippen LogP contribution in [-0.4, -0.2) is 23.5 Å². The van der Waals surface area contributed by atoms with E-state index in [9.17, 15) is 21.6 Å². The van der Waals surface area contributed by atoms with Crippen LogP contribution in [0.2, 0.25) is 0 Å². The molecule has 1 aromatic heterocycles. The van der Waals surface area contributed by atoms with Crippen LogP contribution in [0, 0.1) is 0 Å². The third kappa shape index (κ3) is 4.70. The number of hydrogen-bond donors (Lipinski definition) is 0. The number of rotatable bonds is 5. The number of aromatic nitrogens is 2. The van der Waals surface area contributed by atoms with Crippen molar-refractivity contribution >= 4 is 37.6 Å². The molecule has 0 bridgehead atoms. The van der Waals surface area contributed by atoms with E-state index in [1.165, 1.54) is 18.2 Å². The van der Waals surface area contributed by atoms with Gasteiger partial charge in [0.05, 0.1) is 11.0 Å². The van der Waals surface area contributed by atoms with Crippen LogP contribution in [0.5, 0.6) is 5.75 Å². The van der Waals surface area contributed by atoms with Crippen LogP contribution >= 0.6 is 0 Å². The summed E-state index contributed by atoms with van der Waals surface area (Å²) in [5.74, 6) is 0.447. The summed E-state index contributed by atoms with van der Waals surface area (Å²) in [5.41, 5.74) is 0.356. The van der Waals surface area contributed by atoms with Crippen LogP contribution in [0.4, 0.5) is 13.2 Å². The normalized spacial score (nSPS) is 14.1. The Hall–Kier alpha value is -4.37. The molecule has 6 rings (SSSR count). The molecule has 1 heterocycles. The second kappa shape index (κ2) is 9.43. The maximum atomic E-state index is 12.7. The lowest BCUT2D eigenvalue weighted by molar-refractivity contribution is -0.0500. The number of benzene rings is 4. The molecule has 196 valence electrons. The molecule has 1 aliphatic carbocycles. The fraction of sp³-hybridized carbons (Fsp3) is 0.100. The maximum Gasteiger partial charge on any atom is 0.534 e. The first kappa shape index (κ1) is 24.9. The zero-order valence-corrected chi connectivity index (χ0v) is 21.2. The van der Waals surface area contributed by atoms with E-state index in [-0.39, 0.29) is 0 Å². The van der Waals surface area contributed by atoms with Crippen molar-refractivity contribution in [3.05, 3.63) is 103 Å². The monoisotopic (exact) mass is 546 g/mol. The van der Waals surface area contributed by atoms with Gasteiger partial charge in [-0.15, -0.1) is 0 Å². The summed E-state index contributed by atoms with van der Waals surface area (Å²) in [6.07, 6.45) is 8.51. The Bertz CT molecular complexity index is 1890. The standard InChI is InChI=1S/C30H21F3N2O3S/c31-30(32,33)39(36,37)38-26-17-16-23-18-22(14-15-24(23)19-26)20-10-12-21(13-11-20)29-34-27-8-4-5-9-28(27)35(29)25-6-2-1-3-7-25/h2,4-19H,1,3H2. The molecule has 0 atom stereocenters. The van der Waals surface area contributed by atoms with E-state index >= 15 is 0 Å². The second-order valence-electron chi connectivity index (χ2n) is 9.15. The van der Waals surface area contributed by atoms with Crippen molar-refractivity contribution < 1.29 is 25.8 Å². The van der Waals surface area contributed by atoms with E-state index in [4.69, 9.17) is 4.98 Å². The summed E-state index contributed by atoms with van der Waals surface area (Å²) in [5, 5.41) is 1.28. The molecule has 9 heteroatoms. The second-order valence-corrected chi connectivity index (χ2v) is 10.7. The zero-order chi connectivity index (χ0) is 27.2. The molecule has 0 spiro atoms. The van der Waals surface area contributed by atoms with Gasteiger partial charge in [-0.1, -0.05) is 66.7 Å². The maximum absolute atomic E-state index is 12.7. The SMILES string of the molecule is O=S(=O)(Oc1ccc2cc(-c3ccc(-c4nc5ccccc5n4C4=CCCC=C4)cc3)ccc2c1)C(F)(F)F. The van der Waals surface area contributed by atoms with Gasteiger partial charge in [0.15, 0.2) is 0 Å². The number of para-hydroxylation sites is 2. The quantitative estimate of drug-likeness (QED) is 0.166. The molecule has 5 nitrogen and oxygen atoms in total. The highest BCUT2D eigenvalue weighted by Gasteiger charge is 2.48. The Kier molecular flexibility index (Phi) is 6.03. The molecular formula is C30H21F3N2O3S. The van der Waals surface area contributed by atoms with Gasteiger partial charge in [0.2, 0.25) is 0 Å². The summed E-state index contributed by atoms with van der Waals surface area (Å²) in [7, 11) is -5.73. The highest BCUT2D eigenvalue weighted by atomic mass is 32.2. The van der Waals surface area contributed by atoms with Crippen LogP contribution < -0.4 is 4.18 Å². The van der Waals surface area contributed by atoms with E-state index in [1.54, 1.807) is 6.07 Å².